The second kappa shape index (κ2) is 8.69. The number of carbonyl (C=O) groups is 1. The van der Waals surface area contributed by atoms with Gasteiger partial charge in [0.15, 0.2) is 0 Å². The molecule has 6 atom stereocenters. The first-order valence-electron chi connectivity index (χ1n) is 11.9. The summed E-state index contributed by atoms with van der Waals surface area (Å²) in [6.45, 7) is 4.11. The van der Waals surface area contributed by atoms with Crippen molar-refractivity contribution in [2.24, 2.45) is 17.8 Å². The van der Waals surface area contributed by atoms with E-state index in [1.165, 1.54) is 12.3 Å². The number of hydrogen-bond acceptors (Lipinski definition) is 6. The largest absolute Gasteiger partial charge is 0.393 e. The molecule has 0 radical (unpaired) electrons. The van der Waals surface area contributed by atoms with Gasteiger partial charge in [-0.2, -0.15) is 14.0 Å². The van der Waals surface area contributed by atoms with Gasteiger partial charge in [0.25, 0.3) is 0 Å². The Labute approximate surface area is 197 Å². The number of hydrogen-bond donors (Lipinski definition) is 1. The normalized spacial score (nSPS) is 34.0. The van der Waals surface area contributed by atoms with Crippen LogP contribution in [0.4, 0.5) is 15.8 Å². The van der Waals surface area contributed by atoms with E-state index in [2.05, 4.69) is 22.9 Å². The number of para-hydroxylation sites is 1. The van der Waals surface area contributed by atoms with Gasteiger partial charge in [0.1, 0.15) is 0 Å². The lowest BCUT2D eigenvalue weighted by Gasteiger charge is -2.50. The first kappa shape index (κ1) is 22.8. The first-order valence-corrected chi connectivity index (χ1v) is 11.9. The number of aliphatic hydroxyl groups is 1. The van der Waals surface area contributed by atoms with Crippen molar-refractivity contribution in [2.75, 3.05) is 18.0 Å². The van der Waals surface area contributed by atoms with Crippen molar-refractivity contribution in [3.63, 3.8) is 0 Å². The monoisotopic (exact) mass is 465 g/mol. The molecule has 3 aliphatic heterocycles. The molecule has 178 valence electrons. The maximum atomic E-state index is 14.2. The van der Waals surface area contributed by atoms with Gasteiger partial charge in [0, 0.05) is 12.6 Å². The number of pyridine rings is 1. The van der Waals surface area contributed by atoms with Crippen molar-refractivity contribution in [1.29, 1.82) is 0 Å². The van der Waals surface area contributed by atoms with E-state index in [0.717, 1.165) is 50.0 Å². The summed E-state index contributed by atoms with van der Waals surface area (Å²) in [7, 11) is 0. The SMILES string of the molecule is C[C@@H]1[C@H]2C[C@@H]3N(CC[C@@]34C(=O)N(c3ccc(F)nc3)c3ccccc34)C[C@@H]2CC[C@@H]1O.O=C=O. The molecule has 0 unspecified atom stereocenters. The Kier molecular flexibility index (Phi) is 5.84. The van der Waals surface area contributed by atoms with Crippen molar-refractivity contribution < 1.29 is 23.9 Å². The van der Waals surface area contributed by atoms with E-state index in [0.29, 0.717) is 17.5 Å². The molecule has 4 aliphatic rings. The number of rotatable bonds is 1. The van der Waals surface area contributed by atoms with E-state index in [1.54, 1.807) is 11.0 Å². The summed E-state index contributed by atoms with van der Waals surface area (Å²) in [6, 6.07) is 11.1. The lowest BCUT2D eigenvalue weighted by atomic mass is 9.62. The van der Waals surface area contributed by atoms with Gasteiger partial charge in [-0.1, -0.05) is 25.1 Å². The highest BCUT2D eigenvalue weighted by Gasteiger charge is 2.62. The Morgan fingerprint density at radius 1 is 1.18 bits per heavy atom. The second-order valence-corrected chi connectivity index (χ2v) is 9.98. The molecule has 1 aliphatic carbocycles. The van der Waals surface area contributed by atoms with Gasteiger partial charge < -0.3 is 5.11 Å². The molecule has 3 fully saturated rings. The topological polar surface area (TPSA) is 90.8 Å². The Hall–Kier alpha value is -2.93. The van der Waals surface area contributed by atoms with Crippen LogP contribution in [0.3, 0.4) is 0 Å². The van der Waals surface area contributed by atoms with Crippen LogP contribution in [0.25, 0.3) is 0 Å². The van der Waals surface area contributed by atoms with Crippen molar-refractivity contribution >= 4 is 23.4 Å². The highest BCUT2D eigenvalue weighted by atomic mass is 19.1. The summed E-state index contributed by atoms with van der Waals surface area (Å²) in [6.07, 6.45) is 5.17. The first-order chi connectivity index (χ1) is 16.4. The number of aliphatic hydroxyl groups excluding tert-OH is 1. The highest BCUT2D eigenvalue weighted by molar-refractivity contribution is 6.13. The number of benzene rings is 1. The number of nitrogens with zero attached hydrogens (tertiary/aromatic N) is 3. The van der Waals surface area contributed by atoms with Crippen LogP contribution in [-0.4, -0.2) is 52.3 Å². The molecule has 4 heterocycles. The third kappa shape index (κ3) is 3.32. The second-order valence-electron chi connectivity index (χ2n) is 9.98. The van der Waals surface area contributed by atoms with Crippen molar-refractivity contribution in [1.82, 2.24) is 9.88 Å². The van der Waals surface area contributed by atoms with Gasteiger partial charge in [0.05, 0.1) is 29.1 Å². The van der Waals surface area contributed by atoms with E-state index in [-0.39, 0.29) is 30.1 Å². The molecule has 1 spiro atoms. The fourth-order valence-corrected chi connectivity index (χ4v) is 7.08. The van der Waals surface area contributed by atoms with E-state index >= 15 is 0 Å². The van der Waals surface area contributed by atoms with Crippen molar-refractivity contribution in [3.05, 3.63) is 54.1 Å². The Morgan fingerprint density at radius 3 is 2.68 bits per heavy atom. The number of aromatic nitrogens is 1. The molecule has 2 saturated heterocycles. The fourth-order valence-electron chi connectivity index (χ4n) is 7.08. The average molecular weight is 466 g/mol. The van der Waals surface area contributed by atoms with Gasteiger partial charge in [-0.05, 0) is 73.7 Å². The molecular formula is C26H28FN3O4. The summed E-state index contributed by atoms with van der Waals surface area (Å²) >= 11 is 0. The minimum absolute atomic E-state index is 0.0806. The standard InChI is InChI=1S/C25H28FN3O2.CO2/c1-15-18-12-22-25(10-11-28(22)14-16(18)6-8-21(15)30)19-4-2-3-5-20(19)29(24(25)31)17-7-9-23(26)27-13-17;2-1-3/h2-5,7,9,13,15-16,18,21-22,30H,6,8,10-12,14H2,1H3;/t15-,16+,18-,21+,22+,25+;/m1./s1. The smallest absolute Gasteiger partial charge is 0.373 e. The van der Waals surface area contributed by atoms with Crippen LogP contribution in [0.5, 0.6) is 0 Å². The van der Waals surface area contributed by atoms with E-state index in [1.807, 2.05) is 18.2 Å². The molecule has 1 aromatic heterocycles. The minimum atomic E-state index is -0.585. The number of fused-ring (bicyclic) bond motifs is 5. The minimum Gasteiger partial charge on any atom is -0.393 e. The van der Waals surface area contributed by atoms with E-state index in [9.17, 15) is 14.3 Å². The summed E-state index contributed by atoms with van der Waals surface area (Å²) in [5.41, 5.74) is 2.00. The van der Waals surface area contributed by atoms with E-state index < -0.39 is 11.4 Å². The average Bonchev–Trinajstić information content (AvgIpc) is 3.33. The maximum absolute atomic E-state index is 14.2. The lowest BCUT2D eigenvalue weighted by Crippen LogP contribution is -2.56. The van der Waals surface area contributed by atoms with Crippen molar-refractivity contribution in [2.45, 2.75) is 50.2 Å². The Morgan fingerprint density at radius 2 is 1.94 bits per heavy atom. The van der Waals surface area contributed by atoms with Gasteiger partial charge in [-0.3, -0.25) is 14.6 Å². The number of carbonyl (C=O) groups excluding carboxylic acids is 3. The number of amides is 1. The highest BCUT2D eigenvalue weighted by Crippen LogP contribution is 2.57. The molecule has 8 heteroatoms. The van der Waals surface area contributed by atoms with Crippen LogP contribution in [0.15, 0.2) is 42.6 Å². The molecule has 1 amide bonds. The van der Waals surface area contributed by atoms with Crippen LogP contribution in [0, 0.1) is 23.7 Å². The van der Waals surface area contributed by atoms with Crippen LogP contribution in [0.1, 0.15) is 38.2 Å². The summed E-state index contributed by atoms with van der Waals surface area (Å²) in [4.78, 5) is 38.5. The number of piperidine rings is 1. The molecule has 1 saturated carbocycles. The molecule has 2 aromatic rings. The summed E-state index contributed by atoms with van der Waals surface area (Å²) < 4.78 is 13.5. The Bertz CT molecular complexity index is 1120. The Balaban J connectivity index is 0.000000764. The van der Waals surface area contributed by atoms with Crippen LogP contribution in [0.2, 0.25) is 0 Å². The summed E-state index contributed by atoms with van der Waals surface area (Å²) in [5, 5.41) is 10.5. The zero-order valence-electron chi connectivity index (χ0n) is 19.1. The molecule has 6 rings (SSSR count). The van der Waals surface area contributed by atoms with Crippen molar-refractivity contribution in [3.8, 4) is 0 Å². The molecule has 1 aromatic carbocycles. The maximum Gasteiger partial charge on any atom is 0.373 e. The van der Waals surface area contributed by atoms with Gasteiger partial charge >= 0.3 is 6.15 Å². The molecule has 0 bridgehead atoms. The van der Waals surface area contributed by atoms with Crippen LogP contribution >= 0.6 is 0 Å². The molecule has 7 nitrogen and oxygen atoms in total. The zero-order chi connectivity index (χ0) is 24.0. The third-order valence-corrected chi connectivity index (χ3v) is 8.67. The van der Waals surface area contributed by atoms with Crippen LogP contribution in [-0.2, 0) is 19.8 Å². The predicted octanol–water partition coefficient (Wildman–Crippen LogP) is 3.05. The predicted molar refractivity (Wildman–Crippen MR) is 120 cm³/mol. The van der Waals surface area contributed by atoms with Crippen LogP contribution < -0.4 is 4.90 Å². The van der Waals surface area contributed by atoms with Gasteiger partial charge in [0.2, 0.25) is 11.9 Å². The third-order valence-electron chi connectivity index (χ3n) is 8.67. The quantitative estimate of drug-likeness (QED) is 0.651. The molecule has 34 heavy (non-hydrogen) atoms. The number of halogens is 1. The molecule has 1 N–H and O–H groups in total. The zero-order valence-corrected chi connectivity index (χ0v) is 19.1. The van der Waals surface area contributed by atoms with Gasteiger partial charge in [-0.25, -0.2) is 4.98 Å². The van der Waals surface area contributed by atoms with E-state index in [4.69, 9.17) is 9.59 Å². The lowest BCUT2D eigenvalue weighted by molar-refractivity contribution is -0.191. The fraction of sp³-hybridized carbons (Fsp3) is 0.500. The molecular weight excluding hydrogens is 437 g/mol. The van der Waals surface area contributed by atoms with Gasteiger partial charge in [-0.15, -0.1) is 0 Å². The summed E-state index contributed by atoms with van der Waals surface area (Å²) in [5.74, 6) is 0.851. The number of anilines is 2.